The second kappa shape index (κ2) is 7.63. The minimum Gasteiger partial charge on any atom is -0.313 e. The number of halogens is 1. The molecule has 1 N–H and O–H groups in total. The molecule has 19 heavy (non-hydrogen) atoms. The molecule has 0 unspecified atom stereocenters. The van der Waals surface area contributed by atoms with E-state index in [1.54, 1.807) is 0 Å². The van der Waals surface area contributed by atoms with Crippen LogP contribution in [0.1, 0.15) is 18.2 Å². The molecule has 1 aromatic carbocycles. The van der Waals surface area contributed by atoms with Crippen LogP contribution in [0.4, 0.5) is 0 Å². The van der Waals surface area contributed by atoms with E-state index < -0.39 is 0 Å². The fourth-order valence-electron chi connectivity index (χ4n) is 1.78. The zero-order valence-corrected chi connectivity index (χ0v) is 13.4. The normalized spacial score (nSPS) is 11.3. The van der Waals surface area contributed by atoms with Crippen LogP contribution in [0.2, 0.25) is 0 Å². The SMILES string of the molecule is CCCNCC=Cc1ccc(-c2cccc(Br)c2)s1. The van der Waals surface area contributed by atoms with Gasteiger partial charge in [0.15, 0.2) is 0 Å². The molecule has 0 spiro atoms. The highest BCUT2D eigenvalue weighted by atomic mass is 79.9. The minimum absolute atomic E-state index is 0.942. The molecule has 0 aliphatic carbocycles. The van der Waals surface area contributed by atoms with Gasteiger partial charge in [-0.1, -0.05) is 41.1 Å². The Bertz CT molecular complexity index is 545. The largest absolute Gasteiger partial charge is 0.313 e. The third-order valence-corrected chi connectivity index (χ3v) is 4.30. The Morgan fingerprint density at radius 2 is 2.16 bits per heavy atom. The predicted octanol–water partition coefficient (Wildman–Crippen LogP) is 5.19. The molecule has 3 heteroatoms. The lowest BCUT2D eigenvalue weighted by Gasteiger charge is -1.97. The van der Waals surface area contributed by atoms with E-state index in [1.807, 2.05) is 11.3 Å². The quantitative estimate of drug-likeness (QED) is 0.716. The molecule has 2 rings (SSSR count). The molecular weight excluding hydrogens is 318 g/mol. The summed E-state index contributed by atoms with van der Waals surface area (Å²) in [5.74, 6) is 0. The van der Waals surface area contributed by atoms with Crippen molar-refractivity contribution < 1.29 is 0 Å². The van der Waals surface area contributed by atoms with E-state index in [0.717, 1.165) is 17.6 Å². The van der Waals surface area contributed by atoms with E-state index >= 15 is 0 Å². The Morgan fingerprint density at radius 3 is 2.95 bits per heavy atom. The Morgan fingerprint density at radius 1 is 1.26 bits per heavy atom. The molecule has 100 valence electrons. The summed E-state index contributed by atoms with van der Waals surface area (Å²) in [4.78, 5) is 2.61. The fourth-order valence-corrected chi connectivity index (χ4v) is 3.11. The molecule has 0 amide bonds. The molecule has 1 heterocycles. The topological polar surface area (TPSA) is 12.0 Å². The average molecular weight is 336 g/mol. The number of rotatable bonds is 6. The first-order valence-corrected chi connectivity index (χ1v) is 8.13. The zero-order chi connectivity index (χ0) is 13.5. The minimum atomic E-state index is 0.942. The summed E-state index contributed by atoms with van der Waals surface area (Å²) in [5, 5.41) is 3.36. The van der Waals surface area contributed by atoms with E-state index in [9.17, 15) is 0 Å². The maximum atomic E-state index is 3.51. The summed E-state index contributed by atoms with van der Waals surface area (Å²) in [6.07, 6.45) is 5.56. The van der Waals surface area contributed by atoms with Gasteiger partial charge in [-0.15, -0.1) is 11.3 Å². The maximum Gasteiger partial charge on any atom is 0.0349 e. The lowest BCUT2D eigenvalue weighted by Crippen LogP contribution is -2.13. The highest BCUT2D eigenvalue weighted by molar-refractivity contribution is 9.10. The first-order valence-electron chi connectivity index (χ1n) is 6.52. The standard InChI is InChI=1S/C16H18BrNS/c1-2-10-18-11-4-7-15-8-9-16(19-15)13-5-3-6-14(17)12-13/h3-9,12,18H,2,10-11H2,1H3. The van der Waals surface area contributed by atoms with Crippen molar-refractivity contribution in [3.8, 4) is 10.4 Å². The van der Waals surface area contributed by atoms with Crippen LogP contribution >= 0.6 is 27.3 Å². The molecule has 0 bridgehead atoms. The van der Waals surface area contributed by atoms with E-state index in [0.29, 0.717) is 0 Å². The van der Waals surface area contributed by atoms with Crippen LogP contribution in [0.5, 0.6) is 0 Å². The van der Waals surface area contributed by atoms with Crippen molar-refractivity contribution >= 4 is 33.3 Å². The first kappa shape index (κ1) is 14.5. The number of nitrogens with one attached hydrogen (secondary N) is 1. The number of benzene rings is 1. The van der Waals surface area contributed by atoms with Crippen LogP contribution in [-0.4, -0.2) is 13.1 Å². The van der Waals surface area contributed by atoms with Crippen molar-refractivity contribution in [2.75, 3.05) is 13.1 Å². The van der Waals surface area contributed by atoms with Gasteiger partial charge in [-0.05, 0) is 48.9 Å². The molecule has 0 radical (unpaired) electrons. The number of hydrogen-bond acceptors (Lipinski definition) is 2. The van der Waals surface area contributed by atoms with Gasteiger partial charge in [0.25, 0.3) is 0 Å². The smallest absolute Gasteiger partial charge is 0.0349 e. The van der Waals surface area contributed by atoms with Crippen molar-refractivity contribution in [1.82, 2.24) is 5.32 Å². The van der Waals surface area contributed by atoms with Crippen molar-refractivity contribution in [3.63, 3.8) is 0 Å². The van der Waals surface area contributed by atoms with E-state index in [-0.39, 0.29) is 0 Å². The second-order valence-electron chi connectivity index (χ2n) is 4.32. The van der Waals surface area contributed by atoms with Crippen LogP contribution in [0.25, 0.3) is 16.5 Å². The third kappa shape index (κ3) is 4.60. The van der Waals surface area contributed by atoms with Crippen LogP contribution in [0.15, 0.2) is 46.9 Å². The van der Waals surface area contributed by atoms with Crippen LogP contribution in [-0.2, 0) is 0 Å². The highest BCUT2D eigenvalue weighted by Crippen LogP contribution is 2.30. The van der Waals surface area contributed by atoms with E-state index in [4.69, 9.17) is 0 Å². The van der Waals surface area contributed by atoms with Gasteiger partial charge in [0.2, 0.25) is 0 Å². The monoisotopic (exact) mass is 335 g/mol. The molecule has 0 aliphatic heterocycles. The molecular formula is C16H18BrNS. The Balaban J connectivity index is 1.99. The molecule has 0 saturated carbocycles. The van der Waals surface area contributed by atoms with Crippen LogP contribution in [0.3, 0.4) is 0 Å². The highest BCUT2D eigenvalue weighted by Gasteiger charge is 2.01. The Hall–Kier alpha value is -0.900. The number of hydrogen-bond donors (Lipinski definition) is 1. The Labute approximate surface area is 127 Å². The molecule has 0 aliphatic rings. The van der Waals surface area contributed by atoms with Gasteiger partial charge in [-0.25, -0.2) is 0 Å². The van der Waals surface area contributed by atoms with Crippen LogP contribution < -0.4 is 5.32 Å². The number of thiophene rings is 1. The van der Waals surface area contributed by atoms with Crippen molar-refractivity contribution in [2.45, 2.75) is 13.3 Å². The van der Waals surface area contributed by atoms with Gasteiger partial charge >= 0.3 is 0 Å². The molecule has 0 saturated heterocycles. The fraction of sp³-hybridized carbons (Fsp3) is 0.250. The van der Waals surface area contributed by atoms with Gasteiger partial charge < -0.3 is 5.32 Å². The molecule has 1 aromatic heterocycles. The lowest BCUT2D eigenvalue weighted by molar-refractivity contribution is 0.730. The summed E-state index contributed by atoms with van der Waals surface area (Å²) in [7, 11) is 0. The second-order valence-corrected chi connectivity index (χ2v) is 6.35. The lowest BCUT2D eigenvalue weighted by atomic mass is 10.2. The van der Waals surface area contributed by atoms with Crippen molar-refractivity contribution in [3.05, 3.63) is 51.8 Å². The summed E-state index contributed by atoms with van der Waals surface area (Å²) in [5.41, 5.74) is 1.27. The van der Waals surface area contributed by atoms with Gasteiger partial charge in [0.05, 0.1) is 0 Å². The first-order chi connectivity index (χ1) is 9.29. The van der Waals surface area contributed by atoms with E-state index in [2.05, 4.69) is 76.7 Å². The van der Waals surface area contributed by atoms with Crippen molar-refractivity contribution in [1.29, 1.82) is 0 Å². The average Bonchev–Trinajstić information content (AvgIpc) is 2.87. The summed E-state index contributed by atoms with van der Waals surface area (Å²) in [6.45, 7) is 4.20. The predicted molar refractivity (Wildman–Crippen MR) is 89.6 cm³/mol. The summed E-state index contributed by atoms with van der Waals surface area (Å²) >= 11 is 5.34. The Kier molecular flexibility index (Phi) is 5.83. The third-order valence-electron chi connectivity index (χ3n) is 2.71. The van der Waals surface area contributed by atoms with Gasteiger partial charge in [0.1, 0.15) is 0 Å². The zero-order valence-electron chi connectivity index (χ0n) is 11.0. The molecule has 1 nitrogen and oxygen atoms in total. The molecule has 0 fully saturated rings. The van der Waals surface area contributed by atoms with E-state index in [1.165, 1.54) is 21.7 Å². The van der Waals surface area contributed by atoms with Gasteiger partial charge in [-0.2, -0.15) is 0 Å². The molecule has 0 atom stereocenters. The van der Waals surface area contributed by atoms with Crippen LogP contribution in [0, 0.1) is 0 Å². The molecule has 2 aromatic rings. The maximum absolute atomic E-state index is 3.51. The van der Waals surface area contributed by atoms with Gasteiger partial charge in [-0.3, -0.25) is 0 Å². The van der Waals surface area contributed by atoms with Gasteiger partial charge in [0, 0.05) is 20.8 Å². The summed E-state index contributed by atoms with van der Waals surface area (Å²) < 4.78 is 1.12. The summed E-state index contributed by atoms with van der Waals surface area (Å²) in [6, 6.07) is 12.8. The van der Waals surface area contributed by atoms with Crippen molar-refractivity contribution in [2.24, 2.45) is 0 Å².